The second kappa shape index (κ2) is 5.92. The number of hydrogen-bond acceptors (Lipinski definition) is 3. The molecular weight excluding hydrogens is 284 g/mol. The van der Waals surface area contributed by atoms with E-state index >= 15 is 0 Å². The number of amides is 2. The maximum Gasteiger partial charge on any atom is 0.322 e. The first-order valence-electron chi connectivity index (χ1n) is 6.05. The molecule has 0 unspecified atom stereocenters. The number of hydrogen-bond donors (Lipinski definition) is 2. The molecule has 7 heteroatoms. The van der Waals surface area contributed by atoms with E-state index in [1.165, 1.54) is 4.90 Å². The second-order valence-electron chi connectivity index (χ2n) is 4.42. The zero-order chi connectivity index (χ0) is 14.7. The summed E-state index contributed by atoms with van der Waals surface area (Å²) in [6.07, 6.45) is 0.358. The number of anilines is 1. The lowest BCUT2D eigenvalue weighted by molar-refractivity contribution is -0.140. The molecule has 1 aliphatic rings. The largest absolute Gasteiger partial charge is 0.480 e. The third-order valence-electron chi connectivity index (χ3n) is 3.06. The van der Waals surface area contributed by atoms with Crippen LogP contribution in [-0.4, -0.2) is 36.0 Å². The van der Waals surface area contributed by atoms with Crippen LogP contribution in [0.25, 0.3) is 0 Å². The van der Waals surface area contributed by atoms with Gasteiger partial charge in [0.15, 0.2) is 0 Å². The van der Waals surface area contributed by atoms with Gasteiger partial charge in [0.1, 0.15) is 12.5 Å². The topological polar surface area (TPSA) is 86.7 Å². The average Bonchev–Trinajstić information content (AvgIpc) is 2.78. The Hall–Kier alpha value is -2.08. The van der Waals surface area contributed by atoms with E-state index in [9.17, 15) is 14.4 Å². The van der Waals surface area contributed by atoms with Gasteiger partial charge in [0.25, 0.3) is 0 Å². The summed E-state index contributed by atoms with van der Waals surface area (Å²) in [6, 6.07) is 6.81. The van der Waals surface area contributed by atoms with Crippen LogP contribution in [0.4, 0.5) is 5.69 Å². The van der Waals surface area contributed by atoms with Crippen molar-refractivity contribution in [3.63, 3.8) is 0 Å². The number of carboxylic acids is 1. The third-order valence-corrected chi connectivity index (χ3v) is 3.29. The molecule has 1 saturated heterocycles. The number of nitrogens with one attached hydrogen (secondary N) is 1. The molecule has 0 radical (unpaired) electrons. The van der Waals surface area contributed by atoms with Crippen LogP contribution in [-0.2, 0) is 14.4 Å². The van der Waals surface area contributed by atoms with E-state index in [1.54, 1.807) is 24.3 Å². The number of rotatable bonds is 4. The molecule has 1 atom stereocenters. The van der Waals surface area contributed by atoms with Crippen molar-refractivity contribution in [3.8, 4) is 0 Å². The Bertz CT molecular complexity index is 561. The molecular formula is C13H13ClN2O4. The molecule has 0 bridgehead atoms. The highest BCUT2D eigenvalue weighted by atomic mass is 35.5. The van der Waals surface area contributed by atoms with Crippen LogP contribution in [0.2, 0.25) is 5.02 Å². The van der Waals surface area contributed by atoms with Crippen molar-refractivity contribution in [1.29, 1.82) is 0 Å². The Balaban J connectivity index is 2.06. The molecule has 2 rings (SSSR count). The van der Waals surface area contributed by atoms with Crippen LogP contribution in [0, 0.1) is 5.92 Å². The van der Waals surface area contributed by atoms with E-state index < -0.39 is 24.3 Å². The first kappa shape index (κ1) is 14.3. The fourth-order valence-electron chi connectivity index (χ4n) is 2.11. The van der Waals surface area contributed by atoms with Crippen LogP contribution in [0.3, 0.4) is 0 Å². The first-order chi connectivity index (χ1) is 9.49. The molecule has 1 aromatic carbocycles. The summed E-state index contributed by atoms with van der Waals surface area (Å²) in [7, 11) is 0. The van der Waals surface area contributed by atoms with E-state index in [2.05, 4.69) is 5.32 Å². The zero-order valence-electron chi connectivity index (χ0n) is 10.5. The van der Waals surface area contributed by atoms with E-state index in [1.807, 2.05) is 0 Å². The highest BCUT2D eigenvalue weighted by Crippen LogP contribution is 2.27. The minimum atomic E-state index is -1.14. The van der Waals surface area contributed by atoms with Gasteiger partial charge in [-0.3, -0.25) is 14.4 Å². The minimum absolute atomic E-state index is 0.338. The van der Waals surface area contributed by atoms with Gasteiger partial charge in [-0.1, -0.05) is 17.7 Å². The zero-order valence-corrected chi connectivity index (χ0v) is 11.3. The molecule has 1 aromatic rings. The maximum atomic E-state index is 12.2. The highest BCUT2D eigenvalue weighted by molar-refractivity contribution is 6.31. The number of carboxylic acid groups (broad SMARTS) is 1. The minimum Gasteiger partial charge on any atom is -0.480 e. The van der Waals surface area contributed by atoms with E-state index in [-0.39, 0.29) is 5.91 Å². The molecule has 0 aliphatic carbocycles. The van der Waals surface area contributed by atoms with Gasteiger partial charge < -0.3 is 15.3 Å². The van der Waals surface area contributed by atoms with Crippen molar-refractivity contribution in [2.45, 2.75) is 6.42 Å². The molecule has 1 fully saturated rings. The van der Waals surface area contributed by atoms with Crippen molar-refractivity contribution in [2.75, 3.05) is 18.0 Å². The number of carbonyl (C=O) groups excluding carboxylic acids is 2. The monoisotopic (exact) mass is 296 g/mol. The molecule has 0 saturated carbocycles. The number of carbonyl (C=O) groups is 3. The lowest BCUT2D eigenvalue weighted by Gasteiger charge is -2.16. The normalized spacial score (nSPS) is 18.1. The van der Waals surface area contributed by atoms with Crippen molar-refractivity contribution in [3.05, 3.63) is 29.3 Å². The Morgan fingerprint density at radius 1 is 1.45 bits per heavy atom. The Labute approximate surface area is 120 Å². The summed E-state index contributed by atoms with van der Waals surface area (Å²) in [5.74, 6) is -2.87. The fraction of sp³-hybridized carbons (Fsp3) is 0.308. The van der Waals surface area contributed by atoms with E-state index in [0.29, 0.717) is 23.7 Å². The summed E-state index contributed by atoms with van der Waals surface area (Å²) in [5, 5.41) is 11.2. The quantitative estimate of drug-likeness (QED) is 0.808. The average molecular weight is 297 g/mol. The van der Waals surface area contributed by atoms with Gasteiger partial charge in [-0.15, -0.1) is 0 Å². The SMILES string of the molecule is O=C(O)CNC(=O)[C@@H]1CCN(c2cccc(Cl)c2)C1=O. The summed E-state index contributed by atoms with van der Waals surface area (Å²) in [4.78, 5) is 35.8. The molecule has 0 spiro atoms. The van der Waals surface area contributed by atoms with E-state index in [4.69, 9.17) is 16.7 Å². The summed E-state index contributed by atoms with van der Waals surface area (Å²) >= 11 is 5.87. The van der Waals surface area contributed by atoms with Crippen LogP contribution in [0.15, 0.2) is 24.3 Å². The fourth-order valence-corrected chi connectivity index (χ4v) is 2.29. The van der Waals surface area contributed by atoms with Crippen LogP contribution in [0.5, 0.6) is 0 Å². The van der Waals surface area contributed by atoms with Crippen molar-refractivity contribution in [1.82, 2.24) is 5.32 Å². The lowest BCUT2D eigenvalue weighted by Crippen LogP contribution is -2.38. The predicted octanol–water partition coefficient (Wildman–Crippen LogP) is 0.894. The maximum absolute atomic E-state index is 12.2. The Kier molecular flexibility index (Phi) is 4.24. The van der Waals surface area contributed by atoms with Gasteiger partial charge in [-0.25, -0.2) is 0 Å². The third kappa shape index (κ3) is 3.08. The number of benzene rings is 1. The summed E-state index contributed by atoms with van der Waals surface area (Å²) < 4.78 is 0. The first-order valence-corrected chi connectivity index (χ1v) is 6.43. The second-order valence-corrected chi connectivity index (χ2v) is 4.86. The molecule has 106 valence electrons. The molecule has 0 aromatic heterocycles. The van der Waals surface area contributed by atoms with Crippen molar-refractivity contribution >= 4 is 35.1 Å². The van der Waals surface area contributed by atoms with Gasteiger partial charge in [0, 0.05) is 17.3 Å². The van der Waals surface area contributed by atoms with Gasteiger partial charge in [-0.2, -0.15) is 0 Å². The standard InChI is InChI=1S/C13H13ClN2O4/c14-8-2-1-3-9(6-8)16-5-4-10(13(16)20)12(19)15-7-11(17)18/h1-3,6,10H,4-5,7H2,(H,15,19)(H,17,18)/t10-/m0/s1. The van der Waals surface area contributed by atoms with Gasteiger partial charge >= 0.3 is 5.97 Å². The molecule has 1 aliphatic heterocycles. The van der Waals surface area contributed by atoms with Gasteiger partial charge in [0.2, 0.25) is 11.8 Å². The molecule has 2 N–H and O–H groups in total. The highest BCUT2D eigenvalue weighted by Gasteiger charge is 2.37. The smallest absolute Gasteiger partial charge is 0.322 e. The molecule has 6 nitrogen and oxygen atoms in total. The Morgan fingerprint density at radius 3 is 2.85 bits per heavy atom. The van der Waals surface area contributed by atoms with Crippen LogP contribution in [0.1, 0.15) is 6.42 Å². The number of nitrogens with zero attached hydrogens (tertiary/aromatic N) is 1. The van der Waals surface area contributed by atoms with Gasteiger partial charge in [0.05, 0.1) is 0 Å². The van der Waals surface area contributed by atoms with Crippen molar-refractivity contribution in [2.24, 2.45) is 5.92 Å². The Morgan fingerprint density at radius 2 is 2.20 bits per heavy atom. The van der Waals surface area contributed by atoms with E-state index in [0.717, 1.165) is 0 Å². The van der Waals surface area contributed by atoms with Gasteiger partial charge in [-0.05, 0) is 24.6 Å². The summed E-state index contributed by atoms with van der Waals surface area (Å²) in [5.41, 5.74) is 0.635. The van der Waals surface area contributed by atoms with Crippen molar-refractivity contribution < 1.29 is 19.5 Å². The number of aliphatic carboxylic acids is 1. The molecule has 20 heavy (non-hydrogen) atoms. The van der Waals surface area contributed by atoms with Crippen LogP contribution < -0.4 is 10.2 Å². The molecule has 1 heterocycles. The summed E-state index contributed by atoms with van der Waals surface area (Å²) in [6.45, 7) is -0.0793. The van der Waals surface area contributed by atoms with Crippen LogP contribution >= 0.6 is 11.6 Å². The predicted molar refractivity (Wildman–Crippen MR) is 72.6 cm³/mol. The lowest BCUT2D eigenvalue weighted by atomic mass is 10.1. The molecule has 2 amide bonds. The number of halogens is 1.